The van der Waals surface area contributed by atoms with Crippen molar-refractivity contribution in [2.24, 2.45) is 7.05 Å². The summed E-state index contributed by atoms with van der Waals surface area (Å²) in [6.07, 6.45) is 2.28. The van der Waals surface area contributed by atoms with Crippen molar-refractivity contribution < 1.29 is 4.57 Å². The first-order valence-electron chi connectivity index (χ1n) is 10.3. The number of aromatic nitrogens is 2. The molecule has 146 valence electrons. The van der Waals surface area contributed by atoms with Crippen molar-refractivity contribution in [1.82, 2.24) is 4.98 Å². The van der Waals surface area contributed by atoms with Gasteiger partial charge in [-0.15, -0.1) is 0 Å². The quantitative estimate of drug-likeness (QED) is 0.483. The summed E-state index contributed by atoms with van der Waals surface area (Å²) in [5.41, 5.74) is 11.4. The molecule has 0 fully saturated rings. The fourth-order valence-corrected chi connectivity index (χ4v) is 4.31. The van der Waals surface area contributed by atoms with Crippen LogP contribution in [0.15, 0.2) is 42.6 Å². The van der Waals surface area contributed by atoms with Gasteiger partial charge in [0.05, 0.1) is 11.3 Å². The molecule has 0 unspecified atom stereocenters. The van der Waals surface area contributed by atoms with Gasteiger partial charge in [-0.3, -0.25) is 4.98 Å². The Morgan fingerprint density at radius 2 is 1.43 bits per heavy atom. The Morgan fingerprint density at radius 1 is 0.821 bits per heavy atom. The summed E-state index contributed by atoms with van der Waals surface area (Å²) in [6.45, 7) is 15.5. The third kappa shape index (κ3) is 3.73. The standard InChI is InChI=1S/C26H33N2/c1-16(2)22-10-9-11-23(17(3)4)26(22)21-12-13-24(28(8)15-21)25-18(5)14-19(6)27-20(25)7/h9-17H,1-8H3/q+1. The highest BCUT2D eigenvalue weighted by Gasteiger charge is 2.21. The van der Waals surface area contributed by atoms with Gasteiger partial charge in [-0.05, 0) is 67.0 Å². The van der Waals surface area contributed by atoms with Crippen LogP contribution in [0.25, 0.3) is 22.4 Å². The summed E-state index contributed by atoms with van der Waals surface area (Å²) in [4.78, 5) is 4.69. The maximum absolute atomic E-state index is 4.69. The Morgan fingerprint density at radius 3 is 1.93 bits per heavy atom. The second-order valence-electron chi connectivity index (χ2n) is 8.58. The Kier molecular flexibility index (Phi) is 5.69. The zero-order chi connectivity index (χ0) is 20.6. The lowest BCUT2D eigenvalue weighted by molar-refractivity contribution is -0.659. The number of hydrogen-bond acceptors (Lipinski definition) is 1. The molecule has 3 rings (SSSR count). The Bertz CT molecular complexity index is 964. The molecule has 2 heterocycles. The minimum absolute atomic E-state index is 0.490. The van der Waals surface area contributed by atoms with Crippen molar-refractivity contribution >= 4 is 0 Å². The van der Waals surface area contributed by atoms with E-state index in [0.717, 1.165) is 11.4 Å². The van der Waals surface area contributed by atoms with Crippen molar-refractivity contribution in [3.8, 4) is 22.4 Å². The van der Waals surface area contributed by atoms with Gasteiger partial charge in [-0.1, -0.05) is 45.9 Å². The highest BCUT2D eigenvalue weighted by molar-refractivity contribution is 5.73. The third-order valence-corrected chi connectivity index (χ3v) is 5.58. The van der Waals surface area contributed by atoms with Crippen LogP contribution in [0.1, 0.15) is 67.6 Å². The predicted molar refractivity (Wildman–Crippen MR) is 119 cm³/mol. The molecular formula is C26H33N2+. The Balaban J connectivity index is 2.20. The molecule has 0 amide bonds. The zero-order valence-corrected chi connectivity index (χ0v) is 18.6. The van der Waals surface area contributed by atoms with E-state index < -0.39 is 0 Å². The molecule has 0 aliphatic carbocycles. The van der Waals surface area contributed by atoms with E-state index in [4.69, 9.17) is 4.98 Å². The minimum Gasteiger partial charge on any atom is -0.258 e. The molecule has 0 aliphatic rings. The molecule has 0 saturated carbocycles. The van der Waals surface area contributed by atoms with E-state index in [1.807, 2.05) is 0 Å². The van der Waals surface area contributed by atoms with Gasteiger partial charge in [0.2, 0.25) is 5.69 Å². The molecule has 0 saturated heterocycles. The summed E-state index contributed by atoms with van der Waals surface area (Å²) < 4.78 is 2.25. The highest BCUT2D eigenvalue weighted by Crippen LogP contribution is 2.36. The van der Waals surface area contributed by atoms with E-state index >= 15 is 0 Å². The average Bonchev–Trinajstić information content (AvgIpc) is 2.61. The topological polar surface area (TPSA) is 16.8 Å². The van der Waals surface area contributed by atoms with Crippen molar-refractivity contribution in [3.63, 3.8) is 0 Å². The van der Waals surface area contributed by atoms with Crippen LogP contribution in [0.5, 0.6) is 0 Å². The van der Waals surface area contributed by atoms with Crippen molar-refractivity contribution in [1.29, 1.82) is 0 Å². The largest absolute Gasteiger partial charge is 0.258 e. The van der Waals surface area contributed by atoms with Crippen LogP contribution in [-0.4, -0.2) is 4.98 Å². The minimum atomic E-state index is 0.490. The smallest absolute Gasteiger partial charge is 0.214 e. The maximum Gasteiger partial charge on any atom is 0.214 e. The molecule has 3 aromatic rings. The fraction of sp³-hybridized carbons (Fsp3) is 0.385. The number of aryl methyl sites for hydroxylation is 4. The number of nitrogens with zero attached hydrogens (tertiary/aromatic N) is 2. The van der Waals surface area contributed by atoms with Crippen LogP contribution >= 0.6 is 0 Å². The van der Waals surface area contributed by atoms with Gasteiger partial charge in [0.25, 0.3) is 0 Å². The van der Waals surface area contributed by atoms with Gasteiger partial charge in [-0.25, -0.2) is 4.57 Å². The molecule has 28 heavy (non-hydrogen) atoms. The summed E-state index contributed by atoms with van der Waals surface area (Å²) in [5, 5.41) is 0. The third-order valence-electron chi connectivity index (χ3n) is 5.58. The Hall–Kier alpha value is -2.48. The molecule has 2 heteroatoms. The summed E-state index contributed by atoms with van der Waals surface area (Å²) in [7, 11) is 2.14. The maximum atomic E-state index is 4.69. The molecule has 2 nitrogen and oxygen atoms in total. The molecule has 0 aliphatic heterocycles. The van der Waals surface area contributed by atoms with Crippen molar-refractivity contribution in [2.45, 2.75) is 60.3 Å². The molecule has 0 radical (unpaired) electrons. The van der Waals surface area contributed by atoms with Gasteiger partial charge in [0.1, 0.15) is 7.05 Å². The lowest BCUT2D eigenvalue weighted by atomic mass is 9.85. The molecule has 0 N–H and O–H groups in total. The van der Waals surface area contributed by atoms with Gasteiger partial charge in [0, 0.05) is 17.3 Å². The second kappa shape index (κ2) is 7.87. The number of hydrogen-bond donors (Lipinski definition) is 0. The first-order valence-corrected chi connectivity index (χ1v) is 10.3. The van der Waals surface area contributed by atoms with E-state index in [1.54, 1.807) is 0 Å². The number of benzene rings is 1. The molecule has 0 bridgehead atoms. The zero-order valence-electron chi connectivity index (χ0n) is 18.6. The normalized spacial score (nSPS) is 11.5. The summed E-state index contributed by atoms with van der Waals surface area (Å²) in [6, 6.07) is 13.5. The number of rotatable bonds is 4. The first-order chi connectivity index (χ1) is 13.2. The van der Waals surface area contributed by atoms with E-state index in [1.165, 1.54) is 39.1 Å². The van der Waals surface area contributed by atoms with Gasteiger partial charge >= 0.3 is 0 Å². The van der Waals surface area contributed by atoms with Crippen molar-refractivity contribution in [2.75, 3.05) is 0 Å². The van der Waals surface area contributed by atoms with E-state index in [-0.39, 0.29) is 0 Å². The lowest BCUT2D eigenvalue weighted by Crippen LogP contribution is -2.31. The van der Waals surface area contributed by atoms with E-state index in [0.29, 0.717) is 11.8 Å². The summed E-state index contributed by atoms with van der Waals surface area (Å²) in [5.74, 6) is 0.981. The van der Waals surface area contributed by atoms with Gasteiger partial charge in [-0.2, -0.15) is 0 Å². The van der Waals surface area contributed by atoms with Crippen LogP contribution < -0.4 is 4.57 Å². The lowest BCUT2D eigenvalue weighted by Gasteiger charge is -2.19. The monoisotopic (exact) mass is 373 g/mol. The van der Waals surface area contributed by atoms with E-state index in [9.17, 15) is 0 Å². The molecule has 0 spiro atoms. The predicted octanol–water partition coefficient (Wildman–Crippen LogP) is 6.41. The second-order valence-corrected chi connectivity index (χ2v) is 8.58. The van der Waals surface area contributed by atoms with Crippen LogP contribution in [0.2, 0.25) is 0 Å². The Labute approximate surface area is 170 Å². The van der Waals surface area contributed by atoms with Gasteiger partial charge < -0.3 is 0 Å². The number of pyridine rings is 2. The van der Waals surface area contributed by atoms with Crippen LogP contribution in [0, 0.1) is 20.8 Å². The van der Waals surface area contributed by atoms with Crippen molar-refractivity contribution in [3.05, 3.63) is 70.7 Å². The molecule has 0 atom stereocenters. The average molecular weight is 374 g/mol. The van der Waals surface area contributed by atoms with Crippen LogP contribution in [0.4, 0.5) is 0 Å². The molecule has 2 aromatic heterocycles. The first kappa shape index (κ1) is 20.3. The van der Waals surface area contributed by atoms with Gasteiger partial charge in [0.15, 0.2) is 6.20 Å². The molecular weight excluding hydrogens is 340 g/mol. The summed E-state index contributed by atoms with van der Waals surface area (Å²) >= 11 is 0. The van der Waals surface area contributed by atoms with E-state index in [2.05, 4.69) is 103 Å². The van der Waals surface area contributed by atoms with Crippen LogP contribution in [0.3, 0.4) is 0 Å². The molecule has 1 aromatic carbocycles. The SMILES string of the molecule is Cc1cc(C)c(-c2ccc(-c3c(C(C)C)cccc3C(C)C)c[n+]2C)c(C)n1. The van der Waals surface area contributed by atoms with Crippen LogP contribution in [-0.2, 0) is 7.05 Å². The fourth-order valence-electron chi connectivity index (χ4n) is 4.31. The highest BCUT2D eigenvalue weighted by atomic mass is 14.9.